The standard InChI is InChI=1S/C15H21ClN2O4S/c1-3-22-14-7-6-12(16)9-13(14)17-15(19)11-5-4-8-18(10-11)23(2,20)21/h6-7,9,11H,3-5,8,10H2,1-2H3,(H,17,19). The van der Waals surface area contributed by atoms with E-state index in [-0.39, 0.29) is 18.4 Å². The Hall–Kier alpha value is -1.31. The van der Waals surface area contributed by atoms with Gasteiger partial charge in [-0.25, -0.2) is 12.7 Å². The first-order chi connectivity index (χ1) is 10.8. The maximum absolute atomic E-state index is 12.5. The molecule has 1 amide bonds. The molecule has 0 aromatic heterocycles. The molecule has 0 bridgehead atoms. The third kappa shape index (κ3) is 4.83. The van der Waals surface area contributed by atoms with E-state index in [0.29, 0.717) is 42.5 Å². The molecule has 0 saturated carbocycles. The number of nitrogens with one attached hydrogen (secondary N) is 1. The first-order valence-electron chi connectivity index (χ1n) is 7.49. The van der Waals surface area contributed by atoms with Crippen LogP contribution in [0.25, 0.3) is 0 Å². The number of nitrogens with zero attached hydrogens (tertiary/aromatic N) is 1. The molecule has 0 aliphatic carbocycles. The van der Waals surface area contributed by atoms with Gasteiger partial charge in [0.2, 0.25) is 15.9 Å². The van der Waals surface area contributed by atoms with Crippen molar-refractivity contribution in [2.75, 3.05) is 31.3 Å². The largest absolute Gasteiger partial charge is 0.492 e. The smallest absolute Gasteiger partial charge is 0.228 e. The number of anilines is 1. The summed E-state index contributed by atoms with van der Waals surface area (Å²) < 4.78 is 30.1. The Morgan fingerprint density at radius 1 is 1.48 bits per heavy atom. The van der Waals surface area contributed by atoms with Crippen LogP contribution in [-0.4, -0.2) is 44.6 Å². The third-order valence-corrected chi connectivity index (χ3v) is 5.23. The summed E-state index contributed by atoms with van der Waals surface area (Å²) in [6.07, 6.45) is 2.48. The van der Waals surface area contributed by atoms with E-state index in [1.54, 1.807) is 18.2 Å². The Morgan fingerprint density at radius 2 is 2.22 bits per heavy atom. The molecule has 1 heterocycles. The van der Waals surface area contributed by atoms with Crippen molar-refractivity contribution in [3.05, 3.63) is 23.2 Å². The maximum Gasteiger partial charge on any atom is 0.228 e. The highest BCUT2D eigenvalue weighted by molar-refractivity contribution is 7.88. The zero-order valence-corrected chi connectivity index (χ0v) is 14.8. The molecule has 1 N–H and O–H groups in total. The molecule has 1 saturated heterocycles. The number of hydrogen-bond donors (Lipinski definition) is 1. The molecule has 1 aromatic carbocycles. The predicted octanol–water partition coefficient (Wildman–Crippen LogP) is 2.35. The highest BCUT2D eigenvalue weighted by Crippen LogP contribution is 2.29. The van der Waals surface area contributed by atoms with E-state index >= 15 is 0 Å². The zero-order chi connectivity index (χ0) is 17.0. The van der Waals surface area contributed by atoms with E-state index in [1.165, 1.54) is 4.31 Å². The number of piperidine rings is 1. The second-order valence-electron chi connectivity index (χ2n) is 5.52. The van der Waals surface area contributed by atoms with Crippen LogP contribution in [0, 0.1) is 5.92 Å². The van der Waals surface area contributed by atoms with Gasteiger partial charge >= 0.3 is 0 Å². The van der Waals surface area contributed by atoms with Crippen molar-refractivity contribution in [1.29, 1.82) is 0 Å². The molecule has 2 rings (SSSR count). The summed E-state index contributed by atoms with van der Waals surface area (Å²) >= 11 is 5.97. The minimum absolute atomic E-state index is 0.204. The Kier molecular flexibility index (Phi) is 5.89. The monoisotopic (exact) mass is 360 g/mol. The number of carbonyl (C=O) groups is 1. The quantitative estimate of drug-likeness (QED) is 0.874. The van der Waals surface area contributed by atoms with Gasteiger partial charge in [-0.15, -0.1) is 0 Å². The molecule has 1 aromatic rings. The number of ether oxygens (including phenoxy) is 1. The third-order valence-electron chi connectivity index (χ3n) is 3.72. The van der Waals surface area contributed by atoms with Crippen molar-refractivity contribution < 1.29 is 17.9 Å². The highest BCUT2D eigenvalue weighted by Gasteiger charge is 2.30. The topological polar surface area (TPSA) is 75.7 Å². The van der Waals surface area contributed by atoms with E-state index in [9.17, 15) is 13.2 Å². The van der Waals surface area contributed by atoms with Crippen molar-refractivity contribution in [3.63, 3.8) is 0 Å². The van der Waals surface area contributed by atoms with Crippen LogP contribution in [0.15, 0.2) is 18.2 Å². The lowest BCUT2D eigenvalue weighted by molar-refractivity contribution is -0.120. The van der Waals surface area contributed by atoms with Gasteiger partial charge in [-0.3, -0.25) is 4.79 Å². The fourth-order valence-corrected chi connectivity index (χ4v) is 3.66. The molecule has 1 unspecified atom stereocenters. The van der Waals surface area contributed by atoms with Crippen molar-refractivity contribution in [3.8, 4) is 5.75 Å². The lowest BCUT2D eigenvalue weighted by atomic mass is 9.98. The summed E-state index contributed by atoms with van der Waals surface area (Å²) in [6.45, 7) is 2.99. The summed E-state index contributed by atoms with van der Waals surface area (Å²) in [5, 5.41) is 3.30. The van der Waals surface area contributed by atoms with E-state index < -0.39 is 10.0 Å². The maximum atomic E-state index is 12.5. The lowest BCUT2D eigenvalue weighted by Gasteiger charge is -2.30. The molecule has 6 nitrogen and oxygen atoms in total. The van der Waals surface area contributed by atoms with Crippen LogP contribution in [0.4, 0.5) is 5.69 Å². The van der Waals surface area contributed by atoms with Gasteiger partial charge in [0.15, 0.2) is 0 Å². The van der Waals surface area contributed by atoms with Crippen molar-refractivity contribution in [2.24, 2.45) is 5.92 Å². The number of rotatable bonds is 5. The van der Waals surface area contributed by atoms with Crippen LogP contribution >= 0.6 is 11.6 Å². The minimum atomic E-state index is -3.28. The highest BCUT2D eigenvalue weighted by atomic mass is 35.5. The summed E-state index contributed by atoms with van der Waals surface area (Å²) in [5.74, 6) is -0.0606. The van der Waals surface area contributed by atoms with Gasteiger partial charge in [0.05, 0.1) is 24.5 Å². The van der Waals surface area contributed by atoms with Crippen LogP contribution in [0.1, 0.15) is 19.8 Å². The molecule has 1 aliphatic rings. The molecule has 23 heavy (non-hydrogen) atoms. The predicted molar refractivity (Wildman–Crippen MR) is 90.4 cm³/mol. The van der Waals surface area contributed by atoms with E-state index in [0.717, 1.165) is 6.26 Å². The molecular formula is C15H21ClN2O4S. The normalized spacial score (nSPS) is 19.3. The zero-order valence-electron chi connectivity index (χ0n) is 13.2. The van der Waals surface area contributed by atoms with E-state index in [4.69, 9.17) is 16.3 Å². The minimum Gasteiger partial charge on any atom is -0.492 e. The summed E-state index contributed by atoms with van der Waals surface area (Å²) in [4.78, 5) is 12.5. The average Bonchev–Trinajstić information content (AvgIpc) is 2.49. The molecule has 128 valence electrons. The van der Waals surface area contributed by atoms with Gasteiger partial charge in [-0.1, -0.05) is 11.6 Å². The Balaban J connectivity index is 2.11. The Morgan fingerprint density at radius 3 is 2.87 bits per heavy atom. The number of halogens is 1. The summed E-state index contributed by atoms with van der Waals surface area (Å²) in [7, 11) is -3.28. The van der Waals surface area contributed by atoms with Gasteiger partial charge in [0.25, 0.3) is 0 Å². The summed E-state index contributed by atoms with van der Waals surface area (Å²) in [6, 6.07) is 5.01. The van der Waals surface area contributed by atoms with Gasteiger partial charge in [0.1, 0.15) is 5.75 Å². The van der Waals surface area contributed by atoms with Crippen molar-refractivity contribution >= 4 is 33.2 Å². The molecule has 0 radical (unpaired) electrons. The van der Waals surface area contributed by atoms with Gasteiger partial charge < -0.3 is 10.1 Å². The summed E-state index contributed by atoms with van der Waals surface area (Å²) in [5.41, 5.74) is 0.501. The molecular weight excluding hydrogens is 340 g/mol. The van der Waals surface area contributed by atoms with E-state index in [2.05, 4.69) is 5.32 Å². The Labute approximate surface area is 141 Å². The van der Waals surface area contributed by atoms with Crippen LogP contribution < -0.4 is 10.1 Å². The number of sulfonamides is 1. The number of amides is 1. The van der Waals surface area contributed by atoms with Gasteiger partial charge in [0, 0.05) is 18.1 Å². The first kappa shape index (κ1) is 18.0. The lowest BCUT2D eigenvalue weighted by Crippen LogP contribution is -2.43. The molecule has 0 spiro atoms. The van der Waals surface area contributed by atoms with Crippen LogP contribution in [0.3, 0.4) is 0 Å². The van der Waals surface area contributed by atoms with Gasteiger partial charge in [-0.05, 0) is 38.0 Å². The number of benzene rings is 1. The molecule has 8 heteroatoms. The van der Waals surface area contributed by atoms with Crippen LogP contribution in [-0.2, 0) is 14.8 Å². The van der Waals surface area contributed by atoms with Gasteiger partial charge in [-0.2, -0.15) is 0 Å². The van der Waals surface area contributed by atoms with Crippen LogP contribution in [0.5, 0.6) is 5.75 Å². The number of carbonyl (C=O) groups excluding carboxylic acids is 1. The SMILES string of the molecule is CCOc1ccc(Cl)cc1NC(=O)C1CCCN(S(C)(=O)=O)C1. The molecule has 1 aliphatic heterocycles. The Bertz CT molecular complexity index is 678. The van der Waals surface area contributed by atoms with Crippen molar-refractivity contribution in [2.45, 2.75) is 19.8 Å². The first-order valence-corrected chi connectivity index (χ1v) is 9.72. The molecule has 1 atom stereocenters. The fraction of sp³-hybridized carbons (Fsp3) is 0.533. The second kappa shape index (κ2) is 7.51. The van der Waals surface area contributed by atoms with Crippen molar-refractivity contribution in [1.82, 2.24) is 4.31 Å². The second-order valence-corrected chi connectivity index (χ2v) is 7.94. The number of hydrogen-bond acceptors (Lipinski definition) is 4. The average molecular weight is 361 g/mol. The van der Waals surface area contributed by atoms with E-state index in [1.807, 2.05) is 6.92 Å². The molecule has 1 fully saturated rings. The van der Waals surface area contributed by atoms with Crippen LogP contribution in [0.2, 0.25) is 5.02 Å². The fourth-order valence-electron chi connectivity index (χ4n) is 2.57.